The van der Waals surface area contributed by atoms with E-state index in [4.69, 9.17) is 0 Å². The van der Waals surface area contributed by atoms with Gasteiger partial charge in [-0.05, 0) is 47.6 Å². The van der Waals surface area contributed by atoms with Gasteiger partial charge in [0, 0.05) is 22.6 Å². The van der Waals surface area contributed by atoms with Crippen molar-refractivity contribution in [1.82, 2.24) is 0 Å². The molecule has 0 saturated carbocycles. The molecule has 0 amide bonds. The number of aryl methyl sites for hydroxylation is 3. The Labute approximate surface area is 171 Å². The highest BCUT2D eigenvalue weighted by Crippen LogP contribution is 2.34. The first kappa shape index (κ1) is 20.3. The lowest BCUT2D eigenvalue weighted by atomic mass is 9.77. The monoisotopic (exact) mass is 372 g/mol. The first-order valence-electron chi connectivity index (χ1n) is 10.2. The molecule has 0 atom stereocenters. The predicted molar refractivity (Wildman–Crippen MR) is 120 cm³/mol. The molecule has 0 N–H and O–H groups in total. The lowest BCUT2D eigenvalue weighted by Crippen LogP contribution is -2.35. The summed E-state index contributed by atoms with van der Waals surface area (Å²) in [5.41, 5.74) is 9.47. The van der Waals surface area contributed by atoms with Gasteiger partial charge in [0.15, 0.2) is 6.20 Å². The van der Waals surface area contributed by atoms with Gasteiger partial charge >= 0.3 is 0 Å². The van der Waals surface area contributed by atoms with Gasteiger partial charge in [-0.25, -0.2) is 4.57 Å². The molecule has 1 heterocycles. The molecule has 0 bridgehead atoms. The Morgan fingerprint density at radius 1 is 0.714 bits per heavy atom. The second-order valence-corrected chi connectivity index (χ2v) is 9.64. The van der Waals surface area contributed by atoms with Gasteiger partial charge in [-0.1, -0.05) is 77.1 Å². The molecule has 3 aromatic rings. The maximum absolute atomic E-state index is 2.35. The molecule has 0 saturated heterocycles. The van der Waals surface area contributed by atoms with E-state index in [1.54, 1.807) is 0 Å². The molecule has 1 nitrogen and oxygen atoms in total. The molecule has 28 heavy (non-hydrogen) atoms. The fourth-order valence-corrected chi connectivity index (χ4v) is 4.10. The van der Waals surface area contributed by atoms with Crippen molar-refractivity contribution in [2.24, 2.45) is 7.05 Å². The van der Waals surface area contributed by atoms with E-state index in [9.17, 15) is 0 Å². The molecule has 146 valence electrons. The van der Waals surface area contributed by atoms with E-state index in [-0.39, 0.29) is 10.8 Å². The maximum Gasteiger partial charge on any atom is 0.212 e. The minimum Gasteiger partial charge on any atom is -0.201 e. The van der Waals surface area contributed by atoms with Crippen LogP contribution in [-0.2, 0) is 17.9 Å². The first-order chi connectivity index (χ1) is 13.0. The zero-order valence-corrected chi connectivity index (χ0v) is 18.7. The Balaban J connectivity index is 2.09. The minimum atomic E-state index is -0.0350. The Hall–Kier alpha value is -2.41. The van der Waals surface area contributed by atoms with Crippen LogP contribution in [0.4, 0.5) is 0 Å². The number of aromatic nitrogens is 1. The average molecular weight is 373 g/mol. The maximum atomic E-state index is 2.35. The first-order valence-corrected chi connectivity index (χ1v) is 10.2. The summed E-state index contributed by atoms with van der Waals surface area (Å²) in [6.07, 6.45) is 2.31. The Morgan fingerprint density at radius 3 is 1.93 bits per heavy atom. The lowest BCUT2D eigenvalue weighted by molar-refractivity contribution is -0.661. The average Bonchev–Trinajstić information content (AvgIpc) is 2.63. The molecule has 0 aliphatic heterocycles. The predicted octanol–water partition coefficient (Wildman–Crippen LogP) is 6.42. The molecule has 1 aromatic heterocycles. The van der Waals surface area contributed by atoms with Crippen LogP contribution in [0.25, 0.3) is 11.3 Å². The van der Waals surface area contributed by atoms with Gasteiger partial charge in [0.05, 0.1) is 0 Å². The zero-order valence-electron chi connectivity index (χ0n) is 18.7. The zero-order chi connectivity index (χ0) is 20.7. The van der Waals surface area contributed by atoms with Crippen LogP contribution in [0, 0.1) is 13.8 Å². The number of benzene rings is 2. The van der Waals surface area contributed by atoms with Crippen LogP contribution in [-0.4, -0.2) is 0 Å². The van der Waals surface area contributed by atoms with Crippen molar-refractivity contribution in [3.05, 3.63) is 88.6 Å². The van der Waals surface area contributed by atoms with Crippen LogP contribution < -0.4 is 4.57 Å². The fraction of sp³-hybridized carbons (Fsp3) is 0.370. The van der Waals surface area contributed by atoms with E-state index >= 15 is 0 Å². The van der Waals surface area contributed by atoms with E-state index in [1.807, 2.05) is 0 Å². The summed E-state index contributed by atoms with van der Waals surface area (Å²) in [5, 5.41) is 0. The summed E-state index contributed by atoms with van der Waals surface area (Å²) in [5.74, 6) is 0. The Kier molecular flexibility index (Phi) is 5.23. The summed E-state index contributed by atoms with van der Waals surface area (Å²) >= 11 is 0. The second-order valence-electron chi connectivity index (χ2n) is 9.64. The smallest absolute Gasteiger partial charge is 0.201 e. The van der Waals surface area contributed by atoms with Gasteiger partial charge in [-0.15, -0.1) is 0 Å². The number of pyridine rings is 1. The van der Waals surface area contributed by atoms with Crippen molar-refractivity contribution in [2.45, 2.75) is 59.3 Å². The van der Waals surface area contributed by atoms with Gasteiger partial charge in [0.2, 0.25) is 5.69 Å². The van der Waals surface area contributed by atoms with E-state index < -0.39 is 0 Å². The van der Waals surface area contributed by atoms with Crippen molar-refractivity contribution in [3.63, 3.8) is 0 Å². The lowest BCUT2D eigenvalue weighted by Gasteiger charge is -2.27. The fourth-order valence-electron chi connectivity index (χ4n) is 4.10. The highest BCUT2D eigenvalue weighted by atomic mass is 14.9. The second kappa shape index (κ2) is 7.20. The topological polar surface area (TPSA) is 3.88 Å². The minimum absolute atomic E-state index is 0.0350. The van der Waals surface area contributed by atoms with E-state index in [2.05, 4.69) is 121 Å². The van der Waals surface area contributed by atoms with Crippen molar-refractivity contribution in [2.75, 3.05) is 0 Å². The van der Waals surface area contributed by atoms with Crippen LogP contribution in [0.2, 0.25) is 0 Å². The molecule has 0 radical (unpaired) electrons. The van der Waals surface area contributed by atoms with Crippen LogP contribution in [0.15, 0.2) is 60.8 Å². The van der Waals surface area contributed by atoms with Gasteiger partial charge < -0.3 is 0 Å². The molecular formula is C27H34N+. The third-order valence-corrected chi connectivity index (χ3v) is 6.02. The van der Waals surface area contributed by atoms with Crippen molar-refractivity contribution in [1.29, 1.82) is 0 Å². The van der Waals surface area contributed by atoms with Crippen molar-refractivity contribution >= 4 is 0 Å². The Bertz CT molecular complexity index is 989. The summed E-state index contributed by atoms with van der Waals surface area (Å²) in [6, 6.07) is 20.0. The summed E-state index contributed by atoms with van der Waals surface area (Å²) in [7, 11) is 2.16. The van der Waals surface area contributed by atoms with Gasteiger partial charge in [0.25, 0.3) is 0 Å². The van der Waals surface area contributed by atoms with Crippen molar-refractivity contribution < 1.29 is 4.57 Å². The standard InChI is InChI=1S/C27H34N/c1-19-16-22(26(3,4)5)14-15-23(19)25-17-20(2)24(18-28(25)8)27(6,7)21-12-10-9-11-13-21/h9-18H,1-8H3/q+1. The van der Waals surface area contributed by atoms with Crippen LogP contribution in [0.5, 0.6) is 0 Å². The largest absolute Gasteiger partial charge is 0.212 e. The molecule has 0 fully saturated rings. The van der Waals surface area contributed by atoms with Crippen LogP contribution in [0.3, 0.4) is 0 Å². The molecule has 0 aliphatic carbocycles. The molecule has 1 heteroatoms. The molecule has 3 rings (SSSR count). The van der Waals surface area contributed by atoms with E-state index in [0.717, 1.165) is 0 Å². The highest BCUT2D eigenvalue weighted by Gasteiger charge is 2.29. The third kappa shape index (κ3) is 3.76. The van der Waals surface area contributed by atoms with Gasteiger partial charge in [-0.3, -0.25) is 0 Å². The number of hydrogen-bond acceptors (Lipinski definition) is 0. The molecular weight excluding hydrogens is 338 g/mol. The summed E-state index contributed by atoms with van der Waals surface area (Å²) < 4.78 is 2.28. The molecule has 0 unspecified atom stereocenters. The number of rotatable bonds is 3. The van der Waals surface area contributed by atoms with Gasteiger partial charge in [-0.2, -0.15) is 0 Å². The van der Waals surface area contributed by atoms with Crippen molar-refractivity contribution in [3.8, 4) is 11.3 Å². The van der Waals surface area contributed by atoms with E-state index in [0.29, 0.717) is 0 Å². The third-order valence-electron chi connectivity index (χ3n) is 6.02. The van der Waals surface area contributed by atoms with E-state index in [1.165, 1.54) is 39.1 Å². The van der Waals surface area contributed by atoms with Gasteiger partial charge in [0.1, 0.15) is 7.05 Å². The highest BCUT2D eigenvalue weighted by molar-refractivity contribution is 5.63. The molecule has 0 aliphatic rings. The number of hydrogen-bond donors (Lipinski definition) is 0. The number of nitrogens with zero attached hydrogens (tertiary/aromatic N) is 1. The quantitative estimate of drug-likeness (QED) is 0.467. The Morgan fingerprint density at radius 2 is 1.36 bits per heavy atom. The SMILES string of the molecule is Cc1cc(C(C)(C)C)ccc1-c1cc(C)c(C(C)(C)c2ccccc2)c[n+]1C. The summed E-state index contributed by atoms with van der Waals surface area (Å²) in [6.45, 7) is 15.9. The summed E-state index contributed by atoms with van der Waals surface area (Å²) in [4.78, 5) is 0. The van der Waals surface area contributed by atoms with Crippen LogP contribution >= 0.6 is 0 Å². The molecule has 0 spiro atoms. The normalized spacial score (nSPS) is 12.3. The molecule has 2 aromatic carbocycles. The van der Waals surface area contributed by atoms with Crippen LogP contribution in [0.1, 0.15) is 62.4 Å².